The van der Waals surface area contributed by atoms with Gasteiger partial charge in [0.15, 0.2) is 6.61 Å². The van der Waals surface area contributed by atoms with Crippen molar-refractivity contribution in [2.75, 3.05) is 11.9 Å². The molecule has 150 valence electrons. The Morgan fingerprint density at radius 3 is 2.43 bits per heavy atom. The third kappa shape index (κ3) is 9.38. The van der Waals surface area contributed by atoms with Gasteiger partial charge in [-0.25, -0.2) is 0 Å². The van der Waals surface area contributed by atoms with E-state index in [1.54, 1.807) is 62.4 Å². The van der Waals surface area contributed by atoms with E-state index in [0.29, 0.717) is 18.0 Å². The molecule has 7 heteroatoms. The third-order valence-corrected chi connectivity index (χ3v) is 3.52. The average Bonchev–Trinajstić information content (AvgIpc) is 2.65. The fourth-order valence-electron chi connectivity index (χ4n) is 2.10. The SMILES string of the molecule is C=C/C=C\C=C(/C)OCC(=O)NC(C)C(=O)NCc1ccc(NC(C)=O)cc1. The fourth-order valence-corrected chi connectivity index (χ4v) is 2.10. The lowest BCUT2D eigenvalue weighted by atomic mass is 10.2. The zero-order valence-corrected chi connectivity index (χ0v) is 16.5. The lowest BCUT2D eigenvalue weighted by molar-refractivity contribution is -0.130. The van der Waals surface area contributed by atoms with E-state index in [-0.39, 0.29) is 24.3 Å². The first-order valence-electron chi connectivity index (χ1n) is 8.84. The Morgan fingerprint density at radius 1 is 1.14 bits per heavy atom. The summed E-state index contributed by atoms with van der Waals surface area (Å²) in [6.07, 6.45) is 6.84. The van der Waals surface area contributed by atoms with Gasteiger partial charge in [-0.2, -0.15) is 0 Å². The number of allylic oxidation sites excluding steroid dienone is 5. The molecule has 3 amide bonds. The molecule has 28 heavy (non-hydrogen) atoms. The number of ether oxygens (including phenoxy) is 1. The predicted octanol–water partition coefficient (Wildman–Crippen LogP) is 2.43. The number of hydrogen-bond acceptors (Lipinski definition) is 4. The van der Waals surface area contributed by atoms with Crippen LogP contribution in [0.2, 0.25) is 0 Å². The summed E-state index contributed by atoms with van der Waals surface area (Å²) < 4.78 is 5.30. The predicted molar refractivity (Wildman–Crippen MR) is 109 cm³/mol. The van der Waals surface area contributed by atoms with Gasteiger partial charge in [-0.15, -0.1) is 0 Å². The molecular weight excluding hydrogens is 358 g/mol. The third-order valence-electron chi connectivity index (χ3n) is 3.52. The van der Waals surface area contributed by atoms with Crippen molar-refractivity contribution >= 4 is 23.4 Å². The summed E-state index contributed by atoms with van der Waals surface area (Å²) in [5, 5.41) is 8.01. The zero-order chi connectivity index (χ0) is 20.9. The van der Waals surface area contributed by atoms with Crippen molar-refractivity contribution in [2.45, 2.75) is 33.4 Å². The molecule has 0 aliphatic rings. The van der Waals surface area contributed by atoms with Gasteiger partial charge < -0.3 is 20.7 Å². The second-order valence-electron chi connectivity index (χ2n) is 6.07. The minimum Gasteiger partial charge on any atom is -0.488 e. The van der Waals surface area contributed by atoms with Gasteiger partial charge in [0.25, 0.3) is 5.91 Å². The van der Waals surface area contributed by atoms with Gasteiger partial charge in [0.2, 0.25) is 11.8 Å². The van der Waals surface area contributed by atoms with E-state index in [1.165, 1.54) is 6.92 Å². The molecule has 1 atom stereocenters. The number of carbonyl (C=O) groups is 3. The molecule has 3 N–H and O–H groups in total. The van der Waals surface area contributed by atoms with Crippen molar-refractivity contribution in [1.29, 1.82) is 0 Å². The molecule has 7 nitrogen and oxygen atoms in total. The Balaban J connectivity index is 2.38. The molecule has 0 radical (unpaired) electrons. The van der Waals surface area contributed by atoms with Crippen LogP contribution < -0.4 is 16.0 Å². The van der Waals surface area contributed by atoms with Crippen molar-refractivity contribution in [3.05, 3.63) is 66.5 Å². The first-order valence-corrected chi connectivity index (χ1v) is 8.84. The van der Waals surface area contributed by atoms with E-state index in [1.807, 2.05) is 0 Å². The van der Waals surface area contributed by atoms with E-state index in [9.17, 15) is 14.4 Å². The summed E-state index contributed by atoms with van der Waals surface area (Å²) in [6.45, 7) is 8.46. The number of anilines is 1. The van der Waals surface area contributed by atoms with Crippen LogP contribution in [0.3, 0.4) is 0 Å². The van der Waals surface area contributed by atoms with E-state index in [0.717, 1.165) is 5.56 Å². The molecule has 0 spiro atoms. The van der Waals surface area contributed by atoms with Crippen LogP contribution in [0.5, 0.6) is 0 Å². The Hall–Kier alpha value is -3.35. The van der Waals surface area contributed by atoms with Gasteiger partial charge in [0, 0.05) is 19.2 Å². The van der Waals surface area contributed by atoms with E-state index in [2.05, 4.69) is 22.5 Å². The highest BCUT2D eigenvalue weighted by Crippen LogP contribution is 2.09. The number of amides is 3. The molecule has 0 fully saturated rings. The van der Waals surface area contributed by atoms with Crippen LogP contribution in [0.25, 0.3) is 0 Å². The van der Waals surface area contributed by atoms with Gasteiger partial charge >= 0.3 is 0 Å². The lowest BCUT2D eigenvalue weighted by Gasteiger charge is -2.15. The highest BCUT2D eigenvalue weighted by molar-refractivity contribution is 5.89. The summed E-state index contributed by atoms with van der Waals surface area (Å²) in [7, 11) is 0. The highest BCUT2D eigenvalue weighted by atomic mass is 16.5. The van der Waals surface area contributed by atoms with Crippen LogP contribution in [-0.2, 0) is 25.7 Å². The molecular formula is C21H27N3O4. The van der Waals surface area contributed by atoms with Crippen LogP contribution in [0.1, 0.15) is 26.3 Å². The van der Waals surface area contributed by atoms with Crippen molar-refractivity contribution in [3.8, 4) is 0 Å². The minimum atomic E-state index is -0.695. The van der Waals surface area contributed by atoms with E-state index < -0.39 is 6.04 Å². The lowest BCUT2D eigenvalue weighted by Crippen LogP contribution is -2.45. The normalized spacial score (nSPS) is 12.2. The summed E-state index contributed by atoms with van der Waals surface area (Å²) >= 11 is 0. The highest BCUT2D eigenvalue weighted by Gasteiger charge is 2.15. The molecule has 0 aliphatic heterocycles. The molecule has 1 aromatic rings. The number of benzene rings is 1. The van der Waals surface area contributed by atoms with Crippen LogP contribution >= 0.6 is 0 Å². The molecule has 0 saturated carbocycles. The zero-order valence-electron chi connectivity index (χ0n) is 16.5. The Morgan fingerprint density at radius 2 is 1.82 bits per heavy atom. The molecule has 0 aromatic heterocycles. The van der Waals surface area contributed by atoms with E-state index in [4.69, 9.17) is 4.74 Å². The quantitative estimate of drug-likeness (QED) is 0.426. The van der Waals surface area contributed by atoms with Gasteiger partial charge in [-0.05, 0) is 37.6 Å². The maximum Gasteiger partial charge on any atom is 0.258 e. The Bertz CT molecular complexity index is 751. The van der Waals surface area contributed by atoms with Crippen molar-refractivity contribution in [3.63, 3.8) is 0 Å². The first kappa shape index (κ1) is 22.7. The molecule has 0 bridgehead atoms. The van der Waals surface area contributed by atoms with Gasteiger partial charge in [0.05, 0.1) is 5.76 Å². The first-order chi connectivity index (χ1) is 13.3. The minimum absolute atomic E-state index is 0.145. The summed E-state index contributed by atoms with van der Waals surface area (Å²) in [5.41, 5.74) is 1.56. The number of carbonyl (C=O) groups excluding carboxylic acids is 3. The van der Waals surface area contributed by atoms with Crippen LogP contribution in [0.15, 0.2) is 60.9 Å². The monoisotopic (exact) mass is 385 g/mol. The van der Waals surface area contributed by atoms with Gasteiger partial charge in [0.1, 0.15) is 6.04 Å². The van der Waals surface area contributed by atoms with Crippen LogP contribution in [-0.4, -0.2) is 30.4 Å². The summed E-state index contributed by atoms with van der Waals surface area (Å²) in [6, 6.07) is 6.42. The van der Waals surface area contributed by atoms with Crippen LogP contribution in [0, 0.1) is 0 Å². The Labute approximate surface area is 165 Å². The van der Waals surface area contributed by atoms with Crippen molar-refractivity contribution in [2.24, 2.45) is 0 Å². The standard InChI is InChI=1S/C21H27N3O4/c1-5-6-7-8-15(2)28-14-20(26)23-16(3)21(27)22-13-18-9-11-19(12-10-18)24-17(4)25/h5-12,16H,1,13-14H2,2-4H3,(H,22,27)(H,23,26)(H,24,25)/b7-6-,15-8+. The molecule has 1 rings (SSSR count). The van der Waals surface area contributed by atoms with Crippen molar-refractivity contribution < 1.29 is 19.1 Å². The maximum absolute atomic E-state index is 12.1. The molecule has 1 unspecified atom stereocenters. The average molecular weight is 385 g/mol. The fraction of sp³-hybridized carbons (Fsp3) is 0.286. The number of hydrogen-bond donors (Lipinski definition) is 3. The van der Waals surface area contributed by atoms with Gasteiger partial charge in [-0.3, -0.25) is 14.4 Å². The van der Waals surface area contributed by atoms with E-state index >= 15 is 0 Å². The Kier molecular flexibility index (Phi) is 9.82. The smallest absolute Gasteiger partial charge is 0.258 e. The van der Waals surface area contributed by atoms with Crippen molar-refractivity contribution in [1.82, 2.24) is 10.6 Å². The molecule has 0 saturated heterocycles. The second-order valence-corrected chi connectivity index (χ2v) is 6.07. The number of rotatable bonds is 10. The maximum atomic E-state index is 12.1. The van der Waals surface area contributed by atoms with Gasteiger partial charge in [-0.1, -0.05) is 36.9 Å². The second kappa shape index (κ2) is 12.1. The molecule has 0 heterocycles. The molecule has 0 aliphatic carbocycles. The summed E-state index contributed by atoms with van der Waals surface area (Å²) in [5.74, 6) is -0.259. The van der Waals surface area contributed by atoms with Crippen LogP contribution in [0.4, 0.5) is 5.69 Å². The number of nitrogens with one attached hydrogen (secondary N) is 3. The largest absolute Gasteiger partial charge is 0.488 e. The topological polar surface area (TPSA) is 96.5 Å². The molecule has 1 aromatic carbocycles. The summed E-state index contributed by atoms with van der Waals surface area (Å²) in [4.78, 5) is 35.0.